The predicted octanol–water partition coefficient (Wildman–Crippen LogP) is 4.19. The molecular formula is C19H20FNO2. The van der Waals surface area contributed by atoms with Crippen LogP contribution in [-0.4, -0.2) is 10.8 Å². The smallest absolute Gasteiger partial charge is 0.162 e. The minimum Gasteiger partial charge on any atom is -0.489 e. The fourth-order valence-corrected chi connectivity index (χ4v) is 3.10. The van der Waals surface area contributed by atoms with Crippen molar-refractivity contribution in [3.05, 3.63) is 58.2 Å². The Bertz CT molecular complexity index is 755. The van der Waals surface area contributed by atoms with Gasteiger partial charge < -0.3 is 4.74 Å². The third kappa shape index (κ3) is 3.41. The van der Waals surface area contributed by atoms with Crippen LogP contribution >= 0.6 is 0 Å². The second-order valence-electron chi connectivity index (χ2n) is 6.04. The van der Waals surface area contributed by atoms with E-state index in [1.54, 1.807) is 6.07 Å². The van der Waals surface area contributed by atoms with Crippen LogP contribution in [-0.2, 0) is 19.4 Å². The average molecular weight is 313 g/mol. The third-order valence-corrected chi connectivity index (χ3v) is 4.23. The van der Waals surface area contributed by atoms with E-state index < -0.39 is 5.82 Å². The lowest BCUT2D eigenvalue weighted by molar-refractivity contribution is 0.101. The summed E-state index contributed by atoms with van der Waals surface area (Å²) in [4.78, 5) is 15.9. The van der Waals surface area contributed by atoms with Gasteiger partial charge in [0.15, 0.2) is 5.78 Å². The molecule has 0 fully saturated rings. The molecule has 0 bridgehead atoms. The van der Waals surface area contributed by atoms with Crippen molar-refractivity contribution in [2.75, 3.05) is 0 Å². The molecule has 1 aromatic heterocycles. The summed E-state index contributed by atoms with van der Waals surface area (Å²) in [6.07, 6.45) is 4.40. The van der Waals surface area contributed by atoms with Gasteiger partial charge in [0, 0.05) is 17.5 Å². The number of Topliss-reactive ketones (excluding diaryl/α,β-unsaturated/α-hetero) is 1. The molecule has 23 heavy (non-hydrogen) atoms. The SMILES string of the molecule is CC(=O)c1ccc(OCc2cc(C)nc3c2CCCC3)cc1F. The fourth-order valence-electron chi connectivity index (χ4n) is 3.10. The van der Waals surface area contributed by atoms with E-state index in [2.05, 4.69) is 4.98 Å². The Morgan fingerprint density at radius 2 is 2.04 bits per heavy atom. The Labute approximate surface area is 135 Å². The molecule has 3 nitrogen and oxygen atoms in total. The fraction of sp³-hybridized carbons (Fsp3) is 0.368. The number of ketones is 1. The molecule has 1 aliphatic rings. The van der Waals surface area contributed by atoms with Crippen molar-refractivity contribution in [2.24, 2.45) is 0 Å². The Hall–Kier alpha value is -2.23. The van der Waals surface area contributed by atoms with Crippen LogP contribution in [0.25, 0.3) is 0 Å². The first-order valence-electron chi connectivity index (χ1n) is 7.96. The number of pyridine rings is 1. The molecule has 0 amide bonds. The van der Waals surface area contributed by atoms with Crippen LogP contribution in [0.15, 0.2) is 24.3 Å². The van der Waals surface area contributed by atoms with E-state index in [-0.39, 0.29) is 11.3 Å². The van der Waals surface area contributed by atoms with E-state index in [0.29, 0.717) is 12.4 Å². The van der Waals surface area contributed by atoms with E-state index in [9.17, 15) is 9.18 Å². The van der Waals surface area contributed by atoms with Crippen LogP contribution in [0.4, 0.5) is 4.39 Å². The molecule has 0 unspecified atom stereocenters. The summed E-state index contributed by atoms with van der Waals surface area (Å²) < 4.78 is 19.6. The molecule has 0 saturated heterocycles. The maximum Gasteiger partial charge on any atom is 0.162 e. The Kier molecular flexibility index (Phi) is 4.42. The molecule has 0 aliphatic heterocycles. The minimum atomic E-state index is -0.539. The molecule has 0 spiro atoms. The number of carbonyl (C=O) groups is 1. The van der Waals surface area contributed by atoms with Crippen molar-refractivity contribution in [1.29, 1.82) is 0 Å². The van der Waals surface area contributed by atoms with Crippen LogP contribution in [0.5, 0.6) is 5.75 Å². The molecule has 0 saturated carbocycles. The van der Waals surface area contributed by atoms with Gasteiger partial charge in [-0.3, -0.25) is 9.78 Å². The van der Waals surface area contributed by atoms with Gasteiger partial charge in [-0.2, -0.15) is 0 Å². The zero-order valence-electron chi connectivity index (χ0n) is 13.5. The highest BCUT2D eigenvalue weighted by molar-refractivity contribution is 5.94. The molecule has 0 radical (unpaired) electrons. The number of hydrogen-bond donors (Lipinski definition) is 0. The number of ether oxygens (including phenoxy) is 1. The quantitative estimate of drug-likeness (QED) is 0.795. The van der Waals surface area contributed by atoms with E-state index in [4.69, 9.17) is 4.74 Å². The number of fused-ring (bicyclic) bond motifs is 1. The summed E-state index contributed by atoms with van der Waals surface area (Å²) >= 11 is 0. The zero-order chi connectivity index (χ0) is 16.4. The minimum absolute atomic E-state index is 0.0921. The van der Waals surface area contributed by atoms with Crippen LogP contribution in [0.1, 0.15) is 52.6 Å². The lowest BCUT2D eigenvalue weighted by Gasteiger charge is -2.19. The van der Waals surface area contributed by atoms with E-state index in [1.165, 1.54) is 43.2 Å². The van der Waals surface area contributed by atoms with Gasteiger partial charge in [-0.05, 0) is 68.9 Å². The molecule has 3 rings (SSSR count). The van der Waals surface area contributed by atoms with Gasteiger partial charge in [-0.15, -0.1) is 0 Å². The number of carbonyl (C=O) groups excluding carboxylic acids is 1. The molecule has 1 aliphatic carbocycles. The van der Waals surface area contributed by atoms with Crippen LogP contribution < -0.4 is 4.74 Å². The van der Waals surface area contributed by atoms with Crippen molar-refractivity contribution >= 4 is 5.78 Å². The summed E-state index contributed by atoms with van der Waals surface area (Å²) in [6.45, 7) is 3.73. The maximum atomic E-state index is 13.9. The van der Waals surface area contributed by atoms with Crippen molar-refractivity contribution < 1.29 is 13.9 Å². The summed E-state index contributed by atoms with van der Waals surface area (Å²) in [7, 11) is 0. The molecule has 0 atom stereocenters. The highest BCUT2D eigenvalue weighted by Gasteiger charge is 2.16. The standard InChI is InChI=1S/C19H20FNO2/c1-12-9-14(17-5-3-4-6-19(17)21-12)11-23-15-7-8-16(13(2)22)18(20)10-15/h7-10H,3-6,11H2,1-2H3. The molecule has 1 heterocycles. The number of aromatic nitrogens is 1. The van der Waals surface area contributed by atoms with Crippen molar-refractivity contribution in [3.8, 4) is 5.75 Å². The Morgan fingerprint density at radius 1 is 1.26 bits per heavy atom. The van der Waals surface area contributed by atoms with Gasteiger partial charge in [0.2, 0.25) is 0 Å². The lowest BCUT2D eigenvalue weighted by Crippen LogP contribution is -2.11. The number of hydrogen-bond acceptors (Lipinski definition) is 3. The molecule has 1 aromatic carbocycles. The molecule has 0 N–H and O–H groups in total. The van der Waals surface area contributed by atoms with Crippen LogP contribution in [0, 0.1) is 12.7 Å². The first-order valence-corrected chi connectivity index (χ1v) is 7.96. The summed E-state index contributed by atoms with van der Waals surface area (Å²) in [5, 5.41) is 0. The normalized spacial score (nSPS) is 13.5. The van der Waals surface area contributed by atoms with Gasteiger partial charge >= 0.3 is 0 Å². The molecule has 2 aromatic rings. The average Bonchev–Trinajstić information content (AvgIpc) is 2.52. The second kappa shape index (κ2) is 6.49. The van der Waals surface area contributed by atoms with Crippen molar-refractivity contribution in [3.63, 3.8) is 0 Å². The highest BCUT2D eigenvalue weighted by atomic mass is 19.1. The largest absolute Gasteiger partial charge is 0.489 e. The van der Waals surface area contributed by atoms with E-state index >= 15 is 0 Å². The maximum absolute atomic E-state index is 13.9. The number of nitrogens with zero attached hydrogens (tertiary/aromatic N) is 1. The van der Waals surface area contributed by atoms with Gasteiger partial charge in [0.1, 0.15) is 18.2 Å². The van der Waals surface area contributed by atoms with E-state index in [1.807, 2.05) is 13.0 Å². The van der Waals surface area contributed by atoms with E-state index in [0.717, 1.165) is 24.1 Å². The first-order chi connectivity index (χ1) is 11.0. The number of rotatable bonds is 4. The number of halogens is 1. The highest BCUT2D eigenvalue weighted by Crippen LogP contribution is 2.25. The van der Waals surface area contributed by atoms with Gasteiger partial charge in [0.25, 0.3) is 0 Å². The Morgan fingerprint density at radius 3 is 2.78 bits per heavy atom. The zero-order valence-corrected chi connectivity index (χ0v) is 13.5. The summed E-state index contributed by atoms with van der Waals surface area (Å²) in [5.74, 6) is -0.387. The monoisotopic (exact) mass is 313 g/mol. The molecule has 120 valence electrons. The predicted molar refractivity (Wildman–Crippen MR) is 86.4 cm³/mol. The topological polar surface area (TPSA) is 39.2 Å². The number of aryl methyl sites for hydroxylation is 2. The number of benzene rings is 1. The summed E-state index contributed by atoms with van der Waals surface area (Å²) in [5.41, 5.74) is 4.66. The van der Waals surface area contributed by atoms with Crippen LogP contribution in [0.3, 0.4) is 0 Å². The van der Waals surface area contributed by atoms with Gasteiger partial charge in [-0.25, -0.2) is 4.39 Å². The van der Waals surface area contributed by atoms with Crippen molar-refractivity contribution in [2.45, 2.75) is 46.1 Å². The first kappa shape index (κ1) is 15.7. The van der Waals surface area contributed by atoms with Crippen molar-refractivity contribution in [1.82, 2.24) is 4.98 Å². The van der Waals surface area contributed by atoms with Gasteiger partial charge in [0.05, 0.1) is 5.56 Å². The van der Waals surface area contributed by atoms with Gasteiger partial charge in [-0.1, -0.05) is 0 Å². The Balaban J connectivity index is 1.80. The second-order valence-corrected chi connectivity index (χ2v) is 6.04. The molecular weight excluding hydrogens is 293 g/mol. The lowest BCUT2D eigenvalue weighted by atomic mass is 9.92. The molecule has 4 heteroatoms. The third-order valence-electron chi connectivity index (χ3n) is 4.23. The van der Waals surface area contributed by atoms with Crippen LogP contribution in [0.2, 0.25) is 0 Å². The summed E-state index contributed by atoms with van der Waals surface area (Å²) in [6, 6.07) is 6.43.